The normalized spacial score (nSPS) is 18.8. The fourth-order valence-electron chi connectivity index (χ4n) is 3.93. The smallest absolute Gasteiger partial charge is 0.417 e. The number of amides is 2. The van der Waals surface area contributed by atoms with Crippen molar-refractivity contribution in [2.24, 2.45) is 5.92 Å². The van der Waals surface area contributed by atoms with Gasteiger partial charge in [-0.05, 0) is 41.7 Å². The number of rotatable bonds is 10. The number of carbonyl (C=O) groups is 3. The van der Waals surface area contributed by atoms with Crippen molar-refractivity contribution in [3.8, 4) is 0 Å². The lowest BCUT2D eigenvalue weighted by Crippen LogP contribution is -2.63. The Balaban J connectivity index is 1.93. The van der Waals surface area contributed by atoms with E-state index in [9.17, 15) is 14.4 Å². The van der Waals surface area contributed by atoms with Gasteiger partial charge in [-0.15, -0.1) is 11.8 Å². The Labute approximate surface area is 231 Å². The first-order chi connectivity index (χ1) is 17.8. The molecule has 0 aromatic heterocycles. The minimum absolute atomic E-state index is 0.0259. The summed E-state index contributed by atoms with van der Waals surface area (Å²) in [6.07, 6.45) is -1.80. The van der Waals surface area contributed by atoms with Crippen molar-refractivity contribution in [1.82, 2.24) is 4.90 Å². The summed E-state index contributed by atoms with van der Waals surface area (Å²) in [5, 5.41) is -0.168. The largest absolute Gasteiger partial charge is 0.459 e. The van der Waals surface area contributed by atoms with Crippen molar-refractivity contribution in [2.75, 3.05) is 12.4 Å². The van der Waals surface area contributed by atoms with Crippen LogP contribution in [0.4, 0.5) is 4.79 Å². The van der Waals surface area contributed by atoms with Gasteiger partial charge in [0, 0.05) is 10.6 Å². The molecule has 1 heterocycles. The highest BCUT2D eigenvalue weighted by Crippen LogP contribution is 2.40. The topological polar surface area (TPSA) is 82.1 Å². The number of carbonyl (C=O) groups excluding carboxylic acids is 3. The van der Waals surface area contributed by atoms with Crippen LogP contribution >= 0.6 is 11.8 Å². The molecule has 0 N–H and O–H groups in total. The zero-order valence-corrected chi connectivity index (χ0v) is 25.2. The van der Waals surface area contributed by atoms with Gasteiger partial charge in [-0.2, -0.15) is 0 Å². The molecule has 0 spiro atoms. The van der Waals surface area contributed by atoms with Crippen LogP contribution in [0.25, 0.3) is 0 Å². The van der Waals surface area contributed by atoms with Crippen molar-refractivity contribution in [2.45, 2.75) is 75.9 Å². The molecule has 1 saturated heterocycles. The highest BCUT2D eigenvalue weighted by atomic mass is 32.2. The van der Waals surface area contributed by atoms with Crippen LogP contribution in [0.2, 0.25) is 18.1 Å². The van der Waals surface area contributed by atoms with E-state index >= 15 is 0 Å². The van der Waals surface area contributed by atoms with E-state index in [2.05, 4.69) is 33.9 Å². The van der Waals surface area contributed by atoms with Crippen LogP contribution in [-0.2, 0) is 30.1 Å². The lowest BCUT2D eigenvalue weighted by atomic mass is 9.85. The summed E-state index contributed by atoms with van der Waals surface area (Å²) in [7, 11) is -2.43. The molecular weight excluding hydrogens is 518 g/mol. The van der Waals surface area contributed by atoms with Crippen LogP contribution < -0.4 is 0 Å². The summed E-state index contributed by atoms with van der Waals surface area (Å²) in [6.45, 7) is 13.7. The number of cyclic esters (lactones) is 1. The Bertz CT molecular complexity index is 1120. The highest BCUT2D eigenvalue weighted by Gasteiger charge is 2.61. The van der Waals surface area contributed by atoms with E-state index in [1.165, 1.54) is 11.8 Å². The molecule has 0 bridgehead atoms. The zero-order valence-electron chi connectivity index (χ0n) is 23.4. The second-order valence-corrected chi connectivity index (χ2v) is 17.2. The van der Waals surface area contributed by atoms with Crippen molar-refractivity contribution in [3.63, 3.8) is 0 Å². The number of hydrogen-bond acceptors (Lipinski definition) is 7. The number of ether oxygens (including phenoxy) is 2. The van der Waals surface area contributed by atoms with Gasteiger partial charge >= 0.3 is 12.1 Å². The molecule has 2 aromatic carbocycles. The molecule has 1 unspecified atom stereocenters. The number of esters is 1. The molecule has 0 aliphatic carbocycles. The van der Waals surface area contributed by atoms with Gasteiger partial charge in [0.25, 0.3) is 5.91 Å². The summed E-state index contributed by atoms with van der Waals surface area (Å²) in [6, 6.07) is 19.0. The van der Waals surface area contributed by atoms with Crippen LogP contribution in [0, 0.1) is 5.92 Å². The molecule has 1 aliphatic heterocycles. The first kappa shape index (κ1) is 29.9. The second kappa shape index (κ2) is 12.0. The molecule has 2 atom stereocenters. The highest BCUT2D eigenvalue weighted by molar-refractivity contribution is 7.99. The molecule has 2 amide bonds. The summed E-state index contributed by atoms with van der Waals surface area (Å²) in [5.41, 5.74) is -0.781. The average Bonchev–Trinajstić information content (AvgIpc) is 3.23. The van der Waals surface area contributed by atoms with Crippen molar-refractivity contribution >= 4 is 38.0 Å². The van der Waals surface area contributed by atoms with Crippen molar-refractivity contribution in [1.29, 1.82) is 0 Å². The molecule has 38 heavy (non-hydrogen) atoms. The molecular formula is C29H39NO6SSi. The minimum Gasteiger partial charge on any atom is -0.459 e. The molecule has 7 nitrogen and oxygen atoms in total. The summed E-state index contributed by atoms with van der Waals surface area (Å²) in [5.74, 6) is -1.41. The van der Waals surface area contributed by atoms with Gasteiger partial charge in [0.15, 0.2) is 13.9 Å². The Kier molecular flexibility index (Phi) is 9.49. The van der Waals surface area contributed by atoms with Gasteiger partial charge in [0.1, 0.15) is 19.3 Å². The van der Waals surface area contributed by atoms with Gasteiger partial charge < -0.3 is 13.9 Å². The summed E-state index contributed by atoms with van der Waals surface area (Å²) < 4.78 is 17.6. The first-order valence-corrected chi connectivity index (χ1v) is 16.8. The third kappa shape index (κ3) is 6.50. The monoisotopic (exact) mass is 557 g/mol. The van der Waals surface area contributed by atoms with Gasteiger partial charge in [0.05, 0.1) is 0 Å². The summed E-state index contributed by atoms with van der Waals surface area (Å²) in [4.78, 5) is 42.8. The van der Waals surface area contributed by atoms with E-state index in [1.807, 2.05) is 60.7 Å². The quantitative estimate of drug-likeness (QED) is 0.193. The Morgan fingerprint density at radius 3 is 2.18 bits per heavy atom. The predicted molar refractivity (Wildman–Crippen MR) is 151 cm³/mol. The van der Waals surface area contributed by atoms with E-state index in [4.69, 9.17) is 13.9 Å². The van der Waals surface area contributed by atoms with E-state index in [-0.39, 0.29) is 24.0 Å². The molecule has 206 valence electrons. The van der Waals surface area contributed by atoms with Crippen LogP contribution in [0.3, 0.4) is 0 Å². The Hall–Kier alpha value is -2.62. The Morgan fingerprint density at radius 1 is 1.05 bits per heavy atom. The van der Waals surface area contributed by atoms with Gasteiger partial charge in [-0.25, -0.2) is 14.5 Å². The summed E-state index contributed by atoms with van der Waals surface area (Å²) >= 11 is 1.47. The number of thioether (sulfide) groups is 1. The van der Waals surface area contributed by atoms with E-state index in [1.54, 1.807) is 13.8 Å². The van der Waals surface area contributed by atoms with Gasteiger partial charge in [-0.3, -0.25) is 4.79 Å². The first-order valence-electron chi connectivity index (χ1n) is 12.9. The van der Waals surface area contributed by atoms with Crippen LogP contribution in [0.1, 0.15) is 40.2 Å². The van der Waals surface area contributed by atoms with Crippen LogP contribution in [-0.4, -0.2) is 55.2 Å². The van der Waals surface area contributed by atoms with Gasteiger partial charge in [-0.1, -0.05) is 83.1 Å². The van der Waals surface area contributed by atoms with E-state index in [0.29, 0.717) is 0 Å². The predicted octanol–water partition coefficient (Wildman–Crippen LogP) is 6.29. The van der Waals surface area contributed by atoms with E-state index in [0.717, 1.165) is 15.4 Å². The maximum atomic E-state index is 14.2. The molecule has 2 aromatic rings. The number of nitrogens with zero attached hydrogens (tertiary/aromatic N) is 1. The lowest BCUT2D eigenvalue weighted by Gasteiger charge is -2.41. The number of hydrogen-bond donors (Lipinski definition) is 0. The van der Waals surface area contributed by atoms with Crippen LogP contribution in [0.15, 0.2) is 65.6 Å². The van der Waals surface area contributed by atoms with Crippen molar-refractivity contribution < 1.29 is 28.3 Å². The zero-order chi connectivity index (χ0) is 28.1. The standard InChI is InChI=1S/C29H39NO6SSi/c1-21(2)29(26(32)34-18-22-14-10-8-11-15-22)20-35-27(33)30(29)25(31)24(36-38(6,7)28(3,4)5)19-37-23-16-12-9-13-17-23/h8-17,21,24H,18-20H2,1-7H3/t24?,29-/m0/s1. The molecule has 1 fully saturated rings. The van der Waals surface area contributed by atoms with Crippen molar-refractivity contribution in [3.05, 3.63) is 66.2 Å². The second-order valence-electron chi connectivity index (χ2n) is 11.4. The molecule has 0 radical (unpaired) electrons. The van der Waals surface area contributed by atoms with E-state index < -0.39 is 43.8 Å². The minimum atomic E-state index is -2.43. The molecule has 9 heteroatoms. The third-order valence-corrected chi connectivity index (χ3v) is 13.0. The lowest BCUT2D eigenvalue weighted by molar-refractivity contribution is -0.165. The number of benzene rings is 2. The fourth-order valence-corrected chi connectivity index (χ4v) is 6.20. The molecule has 0 saturated carbocycles. The molecule has 3 rings (SSSR count). The Morgan fingerprint density at radius 2 is 1.63 bits per heavy atom. The molecule has 1 aliphatic rings. The maximum Gasteiger partial charge on any atom is 0.417 e. The average molecular weight is 558 g/mol. The SMILES string of the molecule is CC(C)[C@]1(C(=O)OCc2ccccc2)COC(=O)N1C(=O)C(CSc1ccccc1)O[Si](C)(C)C(C)(C)C. The fraction of sp³-hybridized carbons (Fsp3) is 0.483. The van der Waals surface area contributed by atoms with Crippen LogP contribution in [0.5, 0.6) is 0 Å². The number of imide groups is 1. The van der Waals surface area contributed by atoms with Gasteiger partial charge in [0.2, 0.25) is 0 Å². The third-order valence-electron chi connectivity index (χ3n) is 7.40. The maximum absolute atomic E-state index is 14.2.